The van der Waals surface area contributed by atoms with Crippen LogP contribution in [-0.2, 0) is 11.2 Å². The fourth-order valence-electron chi connectivity index (χ4n) is 3.03. The van der Waals surface area contributed by atoms with Crippen molar-refractivity contribution >= 4 is 6.09 Å². The van der Waals surface area contributed by atoms with E-state index in [0.29, 0.717) is 26.2 Å². The molecule has 1 fully saturated rings. The smallest absolute Gasteiger partial charge is 0.410 e. The number of halogens is 2. The Bertz CT molecular complexity index is 563. The van der Waals surface area contributed by atoms with E-state index in [9.17, 15) is 13.6 Å². The molecule has 0 aliphatic carbocycles. The molecule has 0 saturated carbocycles. The van der Waals surface area contributed by atoms with Crippen LogP contribution in [0.25, 0.3) is 0 Å². The Morgan fingerprint density at radius 1 is 1.19 bits per heavy atom. The van der Waals surface area contributed by atoms with Gasteiger partial charge in [-0.25, -0.2) is 13.6 Å². The zero-order valence-electron chi connectivity index (χ0n) is 16.0. The van der Waals surface area contributed by atoms with E-state index < -0.39 is 5.92 Å². The number of benzene rings is 1. The summed E-state index contributed by atoms with van der Waals surface area (Å²) in [5.41, 5.74) is 0.822. The first-order chi connectivity index (χ1) is 12.2. The van der Waals surface area contributed by atoms with Crippen LogP contribution >= 0.6 is 0 Å². The van der Waals surface area contributed by atoms with Crippen LogP contribution in [-0.4, -0.2) is 60.1 Å². The standard InChI is InChI=1S/C20H30F2N2O2/c1-19(2,3)24(12-9-17-7-5-4-6-8-17)18(25)26-16-15-23-13-10-20(21,22)11-14-23/h4-8H,9-16H2,1-3H3. The molecule has 0 atom stereocenters. The van der Waals surface area contributed by atoms with E-state index in [2.05, 4.69) is 0 Å². The van der Waals surface area contributed by atoms with Gasteiger partial charge in [0, 0.05) is 44.6 Å². The number of amides is 1. The third-order valence-corrected chi connectivity index (χ3v) is 4.72. The first kappa shape index (κ1) is 20.6. The highest BCUT2D eigenvalue weighted by molar-refractivity contribution is 5.68. The maximum absolute atomic E-state index is 13.2. The predicted octanol–water partition coefficient (Wildman–Crippen LogP) is 4.20. The van der Waals surface area contributed by atoms with Gasteiger partial charge in [0.2, 0.25) is 0 Å². The molecule has 1 saturated heterocycles. The molecule has 1 aromatic carbocycles. The highest BCUT2D eigenvalue weighted by Gasteiger charge is 2.34. The first-order valence-electron chi connectivity index (χ1n) is 9.26. The maximum Gasteiger partial charge on any atom is 0.410 e. The lowest BCUT2D eigenvalue weighted by Crippen LogP contribution is -2.47. The summed E-state index contributed by atoms with van der Waals surface area (Å²) in [5, 5.41) is 0. The van der Waals surface area contributed by atoms with Gasteiger partial charge in [0.15, 0.2) is 0 Å². The van der Waals surface area contributed by atoms with Crippen molar-refractivity contribution in [1.82, 2.24) is 9.80 Å². The van der Waals surface area contributed by atoms with Crippen LogP contribution < -0.4 is 0 Å². The molecule has 4 nitrogen and oxygen atoms in total. The highest BCUT2D eigenvalue weighted by atomic mass is 19.3. The van der Waals surface area contributed by atoms with Gasteiger partial charge in [-0.15, -0.1) is 0 Å². The molecular formula is C20H30F2N2O2. The number of rotatable bonds is 6. The van der Waals surface area contributed by atoms with Crippen LogP contribution in [0.1, 0.15) is 39.2 Å². The molecule has 0 unspecified atom stereocenters. The van der Waals surface area contributed by atoms with E-state index in [1.807, 2.05) is 56.0 Å². The van der Waals surface area contributed by atoms with E-state index in [1.54, 1.807) is 4.90 Å². The summed E-state index contributed by atoms with van der Waals surface area (Å²) >= 11 is 0. The Labute approximate surface area is 155 Å². The van der Waals surface area contributed by atoms with Crippen LogP contribution in [0.3, 0.4) is 0 Å². The van der Waals surface area contributed by atoms with Crippen LogP contribution in [0.5, 0.6) is 0 Å². The van der Waals surface area contributed by atoms with Crippen LogP contribution in [0.15, 0.2) is 30.3 Å². The molecular weight excluding hydrogens is 338 g/mol. The lowest BCUT2D eigenvalue weighted by molar-refractivity contribution is -0.0578. The molecule has 1 aliphatic rings. The average molecular weight is 368 g/mol. The molecule has 1 aliphatic heterocycles. The fraction of sp³-hybridized carbons (Fsp3) is 0.650. The number of carbonyl (C=O) groups excluding carboxylic acids is 1. The number of piperidine rings is 1. The lowest BCUT2D eigenvalue weighted by atomic mass is 10.1. The van der Waals surface area contributed by atoms with Crippen molar-refractivity contribution in [3.63, 3.8) is 0 Å². The van der Waals surface area contributed by atoms with E-state index in [-0.39, 0.29) is 31.1 Å². The van der Waals surface area contributed by atoms with Crippen molar-refractivity contribution in [3.8, 4) is 0 Å². The van der Waals surface area contributed by atoms with E-state index >= 15 is 0 Å². The summed E-state index contributed by atoms with van der Waals surface area (Å²) in [4.78, 5) is 16.2. The van der Waals surface area contributed by atoms with Crippen molar-refractivity contribution < 1.29 is 18.3 Å². The van der Waals surface area contributed by atoms with Crippen molar-refractivity contribution in [3.05, 3.63) is 35.9 Å². The number of carbonyl (C=O) groups is 1. The van der Waals surface area contributed by atoms with Gasteiger partial charge in [-0.05, 0) is 32.8 Å². The molecule has 1 heterocycles. The molecule has 0 N–H and O–H groups in total. The quantitative estimate of drug-likeness (QED) is 0.754. The Morgan fingerprint density at radius 3 is 2.38 bits per heavy atom. The van der Waals surface area contributed by atoms with Gasteiger partial charge in [0.1, 0.15) is 6.61 Å². The molecule has 0 bridgehead atoms. The number of hydrogen-bond donors (Lipinski definition) is 0. The number of ether oxygens (including phenoxy) is 1. The molecule has 0 spiro atoms. The number of likely N-dealkylation sites (tertiary alicyclic amines) is 1. The Hall–Kier alpha value is -1.69. The molecule has 0 aromatic heterocycles. The zero-order valence-corrected chi connectivity index (χ0v) is 16.0. The Morgan fingerprint density at radius 2 is 1.81 bits per heavy atom. The predicted molar refractivity (Wildman–Crippen MR) is 98.6 cm³/mol. The van der Waals surface area contributed by atoms with Gasteiger partial charge >= 0.3 is 6.09 Å². The van der Waals surface area contributed by atoms with E-state index in [0.717, 1.165) is 6.42 Å². The second-order valence-electron chi connectivity index (χ2n) is 7.87. The summed E-state index contributed by atoms with van der Waals surface area (Å²) in [6, 6.07) is 10.0. The van der Waals surface area contributed by atoms with Gasteiger partial charge in [0.05, 0.1) is 0 Å². The maximum atomic E-state index is 13.2. The topological polar surface area (TPSA) is 32.8 Å². The minimum absolute atomic E-state index is 0.119. The highest BCUT2D eigenvalue weighted by Crippen LogP contribution is 2.27. The van der Waals surface area contributed by atoms with E-state index in [1.165, 1.54) is 5.56 Å². The monoisotopic (exact) mass is 368 g/mol. The minimum Gasteiger partial charge on any atom is -0.448 e. The Balaban J connectivity index is 1.79. The number of nitrogens with zero attached hydrogens (tertiary/aromatic N) is 2. The summed E-state index contributed by atoms with van der Waals surface area (Å²) in [6.45, 7) is 7.93. The molecule has 26 heavy (non-hydrogen) atoms. The van der Waals surface area contributed by atoms with Gasteiger partial charge in [0.25, 0.3) is 5.92 Å². The number of hydrogen-bond acceptors (Lipinski definition) is 3. The molecule has 2 rings (SSSR count). The molecule has 146 valence electrons. The van der Waals surface area contributed by atoms with Gasteiger partial charge in [-0.1, -0.05) is 30.3 Å². The van der Waals surface area contributed by atoms with Gasteiger partial charge < -0.3 is 9.64 Å². The normalized spacial score (nSPS) is 17.7. The number of alkyl halides is 2. The van der Waals surface area contributed by atoms with Crippen LogP contribution in [0.2, 0.25) is 0 Å². The largest absolute Gasteiger partial charge is 0.448 e. The lowest BCUT2D eigenvalue weighted by Gasteiger charge is -2.35. The van der Waals surface area contributed by atoms with Crippen molar-refractivity contribution in [2.24, 2.45) is 0 Å². The van der Waals surface area contributed by atoms with Crippen LogP contribution in [0, 0.1) is 0 Å². The van der Waals surface area contributed by atoms with E-state index in [4.69, 9.17) is 4.74 Å². The molecule has 6 heteroatoms. The van der Waals surface area contributed by atoms with Crippen molar-refractivity contribution in [2.45, 2.75) is 51.5 Å². The summed E-state index contributed by atoms with van der Waals surface area (Å²) in [5.74, 6) is -2.55. The second-order valence-corrected chi connectivity index (χ2v) is 7.87. The van der Waals surface area contributed by atoms with Gasteiger partial charge in [-0.2, -0.15) is 0 Å². The summed E-state index contributed by atoms with van der Waals surface area (Å²) < 4.78 is 31.8. The summed E-state index contributed by atoms with van der Waals surface area (Å²) in [7, 11) is 0. The van der Waals surface area contributed by atoms with Gasteiger partial charge in [-0.3, -0.25) is 4.90 Å². The molecule has 1 aromatic rings. The molecule has 1 amide bonds. The third-order valence-electron chi connectivity index (χ3n) is 4.72. The fourth-order valence-corrected chi connectivity index (χ4v) is 3.03. The van der Waals surface area contributed by atoms with Crippen molar-refractivity contribution in [2.75, 3.05) is 32.8 Å². The molecule has 0 radical (unpaired) electrons. The zero-order chi connectivity index (χ0) is 19.2. The average Bonchev–Trinajstić information content (AvgIpc) is 2.56. The SMILES string of the molecule is CC(C)(C)N(CCc1ccccc1)C(=O)OCCN1CCC(F)(F)CC1. The Kier molecular flexibility index (Phi) is 6.98. The second kappa shape index (κ2) is 8.80. The third kappa shape index (κ3) is 6.56. The summed E-state index contributed by atoms with van der Waals surface area (Å²) in [6.07, 6.45) is 0.169. The van der Waals surface area contributed by atoms with Crippen molar-refractivity contribution in [1.29, 1.82) is 0 Å². The first-order valence-corrected chi connectivity index (χ1v) is 9.26. The van der Waals surface area contributed by atoms with Crippen LogP contribution in [0.4, 0.5) is 13.6 Å². The minimum atomic E-state index is -2.55.